The fraction of sp³-hybridized carbons (Fsp3) is 0.235. The van der Waals surface area contributed by atoms with Crippen molar-refractivity contribution in [1.29, 1.82) is 0 Å². The molecule has 0 radical (unpaired) electrons. The van der Waals surface area contributed by atoms with Crippen molar-refractivity contribution in [2.24, 2.45) is 0 Å². The van der Waals surface area contributed by atoms with Crippen molar-refractivity contribution < 1.29 is 4.79 Å². The molecule has 3 nitrogen and oxygen atoms in total. The maximum atomic E-state index is 12.2. The molecule has 1 atom stereocenters. The average molecular weight is 268 g/mol. The van der Waals surface area contributed by atoms with Gasteiger partial charge in [-0.2, -0.15) is 0 Å². The number of benzene rings is 2. The Labute approximate surface area is 119 Å². The maximum absolute atomic E-state index is 12.2. The quantitative estimate of drug-likeness (QED) is 0.836. The van der Waals surface area contributed by atoms with Crippen molar-refractivity contribution >= 4 is 11.6 Å². The summed E-state index contributed by atoms with van der Waals surface area (Å²) >= 11 is 0. The summed E-state index contributed by atoms with van der Waals surface area (Å²) in [6, 6.07) is 15.3. The van der Waals surface area contributed by atoms with Gasteiger partial charge in [-0.05, 0) is 36.6 Å². The first kappa shape index (κ1) is 14.1. The number of nitrogen functional groups attached to an aromatic ring is 1. The zero-order valence-corrected chi connectivity index (χ0v) is 11.9. The highest BCUT2D eigenvalue weighted by Gasteiger charge is 2.13. The lowest BCUT2D eigenvalue weighted by Crippen LogP contribution is -2.27. The minimum atomic E-state index is -0.143. The van der Waals surface area contributed by atoms with Gasteiger partial charge in [-0.25, -0.2) is 0 Å². The molecule has 1 unspecified atom stereocenters. The summed E-state index contributed by atoms with van der Waals surface area (Å²) in [6.45, 7) is 4.09. The molecule has 0 aromatic heterocycles. The fourth-order valence-corrected chi connectivity index (χ4v) is 2.10. The van der Waals surface area contributed by atoms with Gasteiger partial charge in [-0.3, -0.25) is 4.79 Å². The summed E-state index contributed by atoms with van der Waals surface area (Å²) in [5, 5.41) is 2.97. The van der Waals surface area contributed by atoms with Crippen LogP contribution < -0.4 is 11.1 Å². The van der Waals surface area contributed by atoms with Crippen LogP contribution in [0.2, 0.25) is 0 Å². The Morgan fingerprint density at radius 3 is 2.40 bits per heavy atom. The van der Waals surface area contributed by atoms with E-state index in [9.17, 15) is 4.79 Å². The third-order valence-electron chi connectivity index (χ3n) is 3.44. The number of nitrogens with one attached hydrogen (secondary N) is 1. The molecule has 0 bridgehead atoms. The van der Waals surface area contributed by atoms with Crippen molar-refractivity contribution in [2.75, 3.05) is 5.73 Å². The number of rotatable bonds is 4. The molecule has 3 N–H and O–H groups in total. The van der Waals surface area contributed by atoms with Gasteiger partial charge in [0.05, 0.1) is 11.6 Å². The first-order valence-electron chi connectivity index (χ1n) is 6.86. The number of amides is 1. The number of hydrogen-bond donors (Lipinski definition) is 2. The lowest BCUT2D eigenvalue weighted by molar-refractivity contribution is 0.0941. The number of nitrogens with two attached hydrogens (primary N) is 1. The van der Waals surface area contributed by atoms with Crippen LogP contribution in [0, 0.1) is 0 Å². The Bertz CT molecular complexity index is 590. The minimum absolute atomic E-state index is 0.0481. The van der Waals surface area contributed by atoms with E-state index in [0.29, 0.717) is 11.3 Å². The smallest absolute Gasteiger partial charge is 0.253 e. The van der Waals surface area contributed by atoms with Crippen LogP contribution >= 0.6 is 0 Å². The van der Waals surface area contributed by atoms with Gasteiger partial charge < -0.3 is 11.1 Å². The lowest BCUT2D eigenvalue weighted by atomic mass is 10.0. The van der Waals surface area contributed by atoms with Crippen LogP contribution in [0.15, 0.2) is 48.5 Å². The second-order valence-electron chi connectivity index (χ2n) is 4.88. The standard InChI is InChI=1S/C17H20N2O/c1-3-13-8-10-14(11-9-13)12(2)19-17(20)15-6-4-5-7-16(15)18/h4-12H,3,18H2,1-2H3,(H,19,20). The van der Waals surface area contributed by atoms with Gasteiger partial charge in [-0.1, -0.05) is 43.3 Å². The van der Waals surface area contributed by atoms with Crippen molar-refractivity contribution in [3.8, 4) is 0 Å². The fourth-order valence-electron chi connectivity index (χ4n) is 2.10. The monoisotopic (exact) mass is 268 g/mol. The number of aryl methyl sites for hydroxylation is 1. The van der Waals surface area contributed by atoms with Crippen LogP contribution in [0.5, 0.6) is 0 Å². The van der Waals surface area contributed by atoms with E-state index in [1.54, 1.807) is 12.1 Å². The van der Waals surface area contributed by atoms with Gasteiger partial charge in [0.2, 0.25) is 0 Å². The molecular formula is C17H20N2O. The van der Waals surface area contributed by atoms with Gasteiger partial charge in [0.1, 0.15) is 0 Å². The second-order valence-corrected chi connectivity index (χ2v) is 4.88. The van der Waals surface area contributed by atoms with E-state index < -0.39 is 0 Å². The summed E-state index contributed by atoms with van der Waals surface area (Å²) in [6.07, 6.45) is 1.02. The van der Waals surface area contributed by atoms with E-state index in [1.807, 2.05) is 19.1 Å². The Kier molecular flexibility index (Phi) is 4.41. The Hall–Kier alpha value is -2.29. The summed E-state index contributed by atoms with van der Waals surface area (Å²) in [5.41, 5.74) is 9.21. The molecule has 0 saturated carbocycles. The highest BCUT2D eigenvalue weighted by atomic mass is 16.1. The van der Waals surface area contributed by atoms with Gasteiger partial charge in [0.15, 0.2) is 0 Å². The predicted molar refractivity (Wildman–Crippen MR) is 82.6 cm³/mol. The van der Waals surface area contributed by atoms with Crippen molar-refractivity contribution in [3.63, 3.8) is 0 Å². The zero-order valence-electron chi connectivity index (χ0n) is 11.9. The van der Waals surface area contributed by atoms with Crippen LogP contribution in [0.1, 0.15) is 41.4 Å². The second kappa shape index (κ2) is 6.24. The van der Waals surface area contributed by atoms with E-state index in [1.165, 1.54) is 5.56 Å². The number of carbonyl (C=O) groups is 1. The predicted octanol–water partition coefficient (Wildman–Crippen LogP) is 3.32. The van der Waals surface area contributed by atoms with E-state index >= 15 is 0 Å². The maximum Gasteiger partial charge on any atom is 0.253 e. The molecule has 1 amide bonds. The molecule has 0 fully saturated rings. The minimum Gasteiger partial charge on any atom is -0.398 e. The molecule has 20 heavy (non-hydrogen) atoms. The highest BCUT2D eigenvalue weighted by Crippen LogP contribution is 2.16. The van der Waals surface area contributed by atoms with Crippen LogP contribution in [0.3, 0.4) is 0 Å². The highest BCUT2D eigenvalue weighted by molar-refractivity contribution is 5.99. The zero-order chi connectivity index (χ0) is 14.5. The molecule has 2 aromatic rings. The number of anilines is 1. The Morgan fingerprint density at radius 1 is 1.15 bits per heavy atom. The number of hydrogen-bond acceptors (Lipinski definition) is 2. The molecule has 104 valence electrons. The molecule has 0 spiro atoms. The van der Waals surface area contributed by atoms with Crippen LogP contribution in [-0.2, 0) is 6.42 Å². The van der Waals surface area contributed by atoms with E-state index in [0.717, 1.165) is 12.0 Å². The summed E-state index contributed by atoms with van der Waals surface area (Å²) in [4.78, 5) is 12.2. The van der Waals surface area contributed by atoms with E-state index in [4.69, 9.17) is 5.73 Å². The summed E-state index contributed by atoms with van der Waals surface area (Å²) < 4.78 is 0. The molecule has 0 saturated heterocycles. The van der Waals surface area contributed by atoms with Crippen molar-refractivity contribution in [1.82, 2.24) is 5.32 Å². The normalized spacial score (nSPS) is 11.9. The van der Waals surface area contributed by atoms with Crippen LogP contribution in [0.25, 0.3) is 0 Å². The lowest BCUT2D eigenvalue weighted by Gasteiger charge is -2.15. The van der Waals surface area contributed by atoms with Crippen LogP contribution in [0.4, 0.5) is 5.69 Å². The molecule has 0 aliphatic heterocycles. The van der Waals surface area contributed by atoms with Crippen molar-refractivity contribution in [2.45, 2.75) is 26.3 Å². The number of para-hydroxylation sites is 1. The Morgan fingerprint density at radius 2 is 1.80 bits per heavy atom. The van der Waals surface area contributed by atoms with Crippen molar-refractivity contribution in [3.05, 3.63) is 65.2 Å². The third kappa shape index (κ3) is 3.18. The number of carbonyl (C=O) groups excluding carboxylic acids is 1. The largest absolute Gasteiger partial charge is 0.398 e. The van der Waals surface area contributed by atoms with E-state index in [-0.39, 0.29) is 11.9 Å². The molecule has 0 aliphatic rings. The van der Waals surface area contributed by atoms with E-state index in [2.05, 4.69) is 36.5 Å². The first-order chi connectivity index (χ1) is 9.61. The summed E-state index contributed by atoms with van der Waals surface area (Å²) in [7, 11) is 0. The average Bonchev–Trinajstić information content (AvgIpc) is 2.47. The Balaban J connectivity index is 2.09. The van der Waals surface area contributed by atoms with Gasteiger partial charge >= 0.3 is 0 Å². The summed E-state index contributed by atoms with van der Waals surface area (Å²) in [5.74, 6) is -0.143. The van der Waals surface area contributed by atoms with Crippen LogP contribution in [-0.4, -0.2) is 5.91 Å². The van der Waals surface area contributed by atoms with Gasteiger partial charge in [-0.15, -0.1) is 0 Å². The molecule has 0 heterocycles. The first-order valence-corrected chi connectivity index (χ1v) is 6.86. The topological polar surface area (TPSA) is 55.1 Å². The molecular weight excluding hydrogens is 248 g/mol. The third-order valence-corrected chi connectivity index (χ3v) is 3.44. The molecule has 2 aromatic carbocycles. The van der Waals surface area contributed by atoms with Gasteiger partial charge in [0, 0.05) is 5.69 Å². The SMILES string of the molecule is CCc1ccc(C(C)NC(=O)c2ccccc2N)cc1. The molecule has 2 rings (SSSR count). The molecule has 0 aliphatic carbocycles. The molecule has 3 heteroatoms. The van der Waals surface area contributed by atoms with Gasteiger partial charge in [0.25, 0.3) is 5.91 Å².